The van der Waals surface area contributed by atoms with Gasteiger partial charge in [-0.05, 0) is 37.5 Å². The third-order valence-electron chi connectivity index (χ3n) is 4.90. The molecule has 9 nitrogen and oxygen atoms in total. The molecule has 0 unspecified atom stereocenters. The average Bonchev–Trinajstić information content (AvgIpc) is 3.30. The summed E-state index contributed by atoms with van der Waals surface area (Å²) in [6.45, 7) is 1.85. The van der Waals surface area contributed by atoms with Gasteiger partial charge in [0, 0.05) is 24.6 Å². The van der Waals surface area contributed by atoms with Crippen molar-refractivity contribution >= 4 is 5.91 Å². The topological polar surface area (TPSA) is 116 Å². The predicted molar refractivity (Wildman–Crippen MR) is 117 cm³/mol. The summed E-state index contributed by atoms with van der Waals surface area (Å²) in [6.07, 6.45) is 7.77. The number of carbonyl (C=O) groups excluding carboxylic acids is 1. The lowest BCUT2D eigenvalue weighted by Crippen LogP contribution is -2.37. The first-order valence-electron chi connectivity index (χ1n) is 10.2. The van der Waals surface area contributed by atoms with Gasteiger partial charge in [-0.1, -0.05) is 35.5 Å². The SMILES string of the molecule is C[C@H](CCc1ccccc1)NC(=O)Cn1cccc(-c2nc(-c3cnccn3)no2)c1=O. The molecule has 9 heteroatoms. The number of carbonyl (C=O) groups is 1. The molecule has 1 amide bonds. The molecular formula is C23H22N6O3. The van der Waals surface area contributed by atoms with Crippen molar-refractivity contribution in [1.82, 2.24) is 30.0 Å². The van der Waals surface area contributed by atoms with E-state index in [2.05, 4.69) is 37.6 Å². The predicted octanol–water partition coefficient (Wildman–Crippen LogP) is 2.49. The molecule has 1 N–H and O–H groups in total. The summed E-state index contributed by atoms with van der Waals surface area (Å²) in [6, 6.07) is 13.3. The van der Waals surface area contributed by atoms with Gasteiger partial charge < -0.3 is 14.4 Å². The largest absolute Gasteiger partial charge is 0.352 e. The Hall–Kier alpha value is -4.14. The van der Waals surface area contributed by atoms with Gasteiger partial charge in [-0.25, -0.2) is 4.98 Å². The monoisotopic (exact) mass is 430 g/mol. The molecule has 0 aliphatic heterocycles. The van der Waals surface area contributed by atoms with Gasteiger partial charge in [-0.2, -0.15) is 4.98 Å². The van der Waals surface area contributed by atoms with E-state index in [1.54, 1.807) is 18.3 Å². The lowest BCUT2D eigenvalue weighted by atomic mass is 10.1. The van der Waals surface area contributed by atoms with Gasteiger partial charge in [0.2, 0.25) is 11.7 Å². The van der Waals surface area contributed by atoms with Crippen LogP contribution in [0.3, 0.4) is 0 Å². The summed E-state index contributed by atoms with van der Waals surface area (Å²) < 4.78 is 6.56. The quantitative estimate of drug-likeness (QED) is 0.456. The zero-order valence-electron chi connectivity index (χ0n) is 17.5. The summed E-state index contributed by atoms with van der Waals surface area (Å²) in [5.41, 5.74) is 1.47. The summed E-state index contributed by atoms with van der Waals surface area (Å²) in [4.78, 5) is 37.7. The number of nitrogens with one attached hydrogen (secondary N) is 1. The van der Waals surface area contributed by atoms with Gasteiger partial charge in [-0.3, -0.25) is 14.6 Å². The van der Waals surface area contributed by atoms with E-state index in [4.69, 9.17) is 4.52 Å². The third kappa shape index (κ3) is 5.12. The van der Waals surface area contributed by atoms with Gasteiger partial charge in [0.1, 0.15) is 17.8 Å². The third-order valence-corrected chi connectivity index (χ3v) is 4.90. The molecule has 0 saturated heterocycles. The van der Waals surface area contributed by atoms with Crippen molar-refractivity contribution in [1.29, 1.82) is 0 Å². The number of amides is 1. The lowest BCUT2D eigenvalue weighted by Gasteiger charge is -2.14. The van der Waals surface area contributed by atoms with Crippen LogP contribution in [0.4, 0.5) is 0 Å². The average molecular weight is 430 g/mol. The molecule has 0 saturated carbocycles. The van der Waals surface area contributed by atoms with Crippen LogP contribution in [0.25, 0.3) is 23.0 Å². The Kier molecular flexibility index (Phi) is 6.45. The first-order valence-corrected chi connectivity index (χ1v) is 10.2. The Labute approximate surface area is 184 Å². The van der Waals surface area contributed by atoms with Gasteiger partial charge in [0.25, 0.3) is 11.4 Å². The van der Waals surface area contributed by atoms with Crippen LogP contribution in [-0.4, -0.2) is 36.6 Å². The number of aryl methyl sites for hydroxylation is 1. The van der Waals surface area contributed by atoms with E-state index in [1.807, 2.05) is 25.1 Å². The maximum Gasteiger partial charge on any atom is 0.263 e. The molecule has 1 aromatic carbocycles. The second-order valence-corrected chi connectivity index (χ2v) is 7.36. The van der Waals surface area contributed by atoms with E-state index in [0.717, 1.165) is 12.8 Å². The molecule has 0 fully saturated rings. The van der Waals surface area contributed by atoms with Crippen molar-refractivity contribution in [3.05, 3.63) is 83.2 Å². The van der Waals surface area contributed by atoms with Gasteiger partial charge in [0.15, 0.2) is 0 Å². The summed E-state index contributed by atoms with van der Waals surface area (Å²) in [5.74, 6) is 0.0464. The molecule has 0 aliphatic carbocycles. The molecule has 0 radical (unpaired) electrons. The van der Waals surface area contributed by atoms with Crippen molar-refractivity contribution < 1.29 is 9.32 Å². The maximum atomic E-state index is 12.9. The molecular weight excluding hydrogens is 408 g/mol. The molecule has 162 valence electrons. The van der Waals surface area contributed by atoms with Crippen LogP contribution >= 0.6 is 0 Å². The minimum Gasteiger partial charge on any atom is -0.352 e. The van der Waals surface area contributed by atoms with E-state index >= 15 is 0 Å². The van der Waals surface area contributed by atoms with Crippen LogP contribution < -0.4 is 10.9 Å². The van der Waals surface area contributed by atoms with Crippen molar-refractivity contribution in [2.24, 2.45) is 0 Å². The molecule has 1 atom stereocenters. The molecule has 0 aliphatic rings. The summed E-state index contributed by atoms with van der Waals surface area (Å²) in [7, 11) is 0. The highest BCUT2D eigenvalue weighted by molar-refractivity contribution is 5.76. The van der Waals surface area contributed by atoms with Gasteiger partial charge in [0.05, 0.1) is 6.20 Å². The van der Waals surface area contributed by atoms with Crippen molar-refractivity contribution in [3.8, 4) is 23.0 Å². The minimum atomic E-state index is -0.395. The van der Waals surface area contributed by atoms with Crippen LogP contribution in [0, 0.1) is 0 Å². The smallest absolute Gasteiger partial charge is 0.263 e. The number of rotatable bonds is 8. The second-order valence-electron chi connectivity index (χ2n) is 7.36. The number of nitrogens with zero attached hydrogens (tertiary/aromatic N) is 5. The zero-order chi connectivity index (χ0) is 22.3. The Morgan fingerprint density at radius 2 is 2.00 bits per heavy atom. The van der Waals surface area contributed by atoms with Crippen molar-refractivity contribution in [2.75, 3.05) is 0 Å². The maximum absolute atomic E-state index is 12.9. The van der Waals surface area contributed by atoms with E-state index in [1.165, 1.54) is 28.7 Å². The Balaban J connectivity index is 1.41. The molecule has 0 spiro atoms. The first kappa shape index (κ1) is 21.1. The molecule has 4 rings (SSSR count). The number of benzene rings is 1. The Bertz CT molecular complexity index is 1240. The number of hydrogen-bond acceptors (Lipinski definition) is 7. The highest BCUT2D eigenvalue weighted by atomic mass is 16.5. The lowest BCUT2D eigenvalue weighted by molar-refractivity contribution is -0.122. The van der Waals surface area contributed by atoms with Crippen LogP contribution in [-0.2, 0) is 17.8 Å². The zero-order valence-corrected chi connectivity index (χ0v) is 17.5. The van der Waals surface area contributed by atoms with Gasteiger partial charge in [-0.15, -0.1) is 0 Å². The van der Waals surface area contributed by atoms with Crippen molar-refractivity contribution in [3.63, 3.8) is 0 Å². The van der Waals surface area contributed by atoms with Crippen molar-refractivity contribution in [2.45, 2.75) is 32.4 Å². The fourth-order valence-corrected chi connectivity index (χ4v) is 3.25. The minimum absolute atomic E-state index is 0.0212. The van der Waals surface area contributed by atoms with E-state index in [-0.39, 0.29) is 35.8 Å². The molecule has 0 bridgehead atoms. The molecule has 32 heavy (non-hydrogen) atoms. The van der Waals surface area contributed by atoms with Crippen LogP contribution in [0.2, 0.25) is 0 Å². The number of hydrogen-bond donors (Lipinski definition) is 1. The van der Waals surface area contributed by atoms with Gasteiger partial charge >= 0.3 is 0 Å². The molecule has 3 heterocycles. The van der Waals surface area contributed by atoms with E-state index in [9.17, 15) is 9.59 Å². The fourth-order valence-electron chi connectivity index (χ4n) is 3.25. The highest BCUT2D eigenvalue weighted by Gasteiger charge is 2.17. The number of aromatic nitrogens is 5. The van der Waals surface area contributed by atoms with Crippen LogP contribution in [0.5, 0.6) is 0 Å². The van der Waals surface area contributed by atoms with Crippen LogP contribution in [0.1, 0.15) is 18.9 Å². The highest BCUT2D eigenvalue weighted by Crippen LogP contribution is 2.17. The summed E-state index contributed by atoms with van der Waals surface area (Å²) >= 11 is 0. The van der Waals surface area contributed by atoms with Crippen LogP contribution in [0.15, 0.2) is 76.6 Å². The standard InChI is InChI=1S/C23H22N6O3/c1-16(9-10-17-6-3-2-4-7-17)26-20(30)15-29-13-5-8-18(23(29)31)22-27-21(28-32-22)19-14-24-11-12-25-19/h2-8,11-14,16H,9-10,15H2,1H3,(H,26,30)/t16-/m1/s1. The molecule has 3 aromatic heterocycles. The Morgan fingerprint density at radius 3 is 2.78 bits per heavy atom. The fraction of sp³-hybridized carbons (Fsp3) is 0.217. The molecule has 4 aromatic rings. The first-order chi connectivity index (χ1) is 15.6. The summed E-state index contributed by atoms with van der Waals surface area (Å²) in [5, 5.41) is 6.81. The number of pyridine rings is 1. The normalized spacial score (nSPS) is 11.8. The second kappa shape index (κ2) is 9.78. The van der Waals surface area contributed by atoms with E-state index in [0.29, 0.717) is 5.69 Å². The van der Waals surface area contributed by atoms with E-state index < -0.39 is 5.56 Å². The Morgan fingerprint density at radius 1 is 1.16 bits per heavy atom.